The lowest BCUT2D eigenvalue weighted by Crippen LogP contribution is -2.34. The van der Waals surface area contributed by atoms with E-state index >= 15 is 0 Å². The highest BCUT2D eigenvalue weighted by Gasteiger charge is 2.30. The highest BCUT2D eigenvalue weighted by atomic mass is 16.2. The minimum atomic E-state index is -0.184. The average Bonchev–Trinajstić information content (AvgIpc) is 2.84. The summed E-state index contributed by atoms with van der Waals surface area (Å²) in [6.45, 7) is 8.09. The Balaban J connectivity index is 2.05. The van der Waals surface area contributed by atoms with Gasteiger partial charge in [0.15, 0.2) is 0 Å². The number of anilines is 1. The number of nitrogen functional groups attached to an aromatic ring is 1. The fraction of sp³-hybridized carbons (Fsp3) is 0.647. The molecule has 0 radical (unpaired) electrons. The number of nitrogens with zero attached hydrogens (tertiary/aromatic N) is 4. The van der Waals surface area contributed by atoms with E-state index in [0.717, 1.165) is 12.1 Å². The van der Waals surface area contributed by atoms with Gasteiger partial charge in [0.25, 0.3) is 5.91 Å². The molecule has 1 aromatic heterocycles. The number of likely N-dealkylation sites (tertiary alicyclic amines) is 1. The molecule has 0 spiro atoms. The molecule has 24 heavy (non-hydrogen) atoms. The first-order valence-electron chi connectivity index (χ1n) is 8.46. The van der Waals surface area contributed by atoms with E-state index in [4.69, 9.17) is 5.73 Å². The Hall–Kier alpha value is -2.18. The maximum Gasteiger partial charge on any atom is 0.272 e. The van der Waals surface area contributed by atoms with Crippen LogP contribution in [0.2, 0.25) is 0 Å². The van der Waals surface area contributed by atoms with Crippen molar-refractivity contribution in [3.63, 3.8) is 0 Å². The zero-order chi connectivity index (χ0) is 17.9. The summed E-state index contributed by atoms with van der Waals surface area (Å²) in [6, 6.07) is 1.72. The Morgan fingerprint density at radius 2 is 2.17 bits per heavy atom. The van der Waals surface area contributed by atoms with Crippen LogP contribution in [-0.2, 0) is 11.2 Å². The third-order valence-corrected chi connectivity index (χ3v) is 4.19. The second-order valence-electron chi connectivity index (χ2n) is 6.89. The van der Waals surface area contributed by atoms with Gasteiger partial charge in [-0.3, -0.25) is 9.59 Å². The zero-order valence-electron chi connectivity index (χ0n) is 15.0. The van der Waals surface area contributed by atoms with Crippen molar-refractivity contribution in [3.05, 3.63) is 17.5 Å². The van der Waals surface area contributed by atoms with E-state index in [1.165, 1.54) is 0 Å². The quantitative estimate of drug-likeness (QED) is 0.844. The van der Waals surface area contributed by atoms with Crippen LogP contribution < -0.4 is 5.73 Å². The topological polar surface area (TPSA) is 92.4 Å². The lowest BCUT2D eigenvalue weighted by Gasteiger charge is -2.21. The Morgan fingerprint density at radius 1 is 1.46 bits per heavy atom. The summed E-state index contributed by atoms with van der Waals surface area (Å²) in [5, 5.41) is 0. The van der Waals surface area contributed by atoms with E-state index in [2.05, 4.69) is 23.8 Å². The van der Waals surface area contributed by atoms with Gasteiger partial charge >= 0.3 is 0 Å². The maximum absolute atomic E-state index is 12.6. The van der Waals surface area contributed by atoms with E-state index in [-0.39, 0.29) is 23.7 Å². The number of aromatic nitrogens is 2. The molecule has 2 rings (SSSR count). The summed E-state index contributed by atoms with van der Waals surface area (Å²) < 4.78 is 0. The molecule has 0 aliphatic carbocycles. The third kappa shape index (κ3) is 4.43. The lowest BCUT2D eigenvalue weighted by molar-refractivity contribution is -0.127. The summed E-state index contributed by atoms with van der Waals surface area (Å²) in [5.41, 5.74) is 6.84. The predicted molar refractivity (Wildman–Crippen MR) is 92.3 cm³/mol. The van der Waals surface area contributed by atoms with Crippen molar-refractivity contribution in [1.82, 2.24) is 19.8 Å². The molecule has 132 valence electrons. The van der Waals surface area contributed by atoms with Gasteiger partial charge in [0, 0.05) is 44.7 Å². The van der Waals surface area contributed by atoms with E-state index < -0.39 is 0 Å². The fourth-order valence-corrected chi connectivity index (χ4v) is 3.10. The standard InChI is InChI=1S/C17H27N5O2/c1-5-22-10-12(7-15(22)23)9-21(4)16(24)14-8-13(6-11(2)3)19-17(18)20-14/h8,11-12H,5-7,9-10H2,1-4H3,(H2,18,19,20)/t12-/m0/s1. The van der Waals surface area contributed by atoms with Crippen molar-refractivity contribution >= 4 is 17.8 Å². The van der Waals surface area contributed by atoms with Crippen molar-refractivity contribution in [2.45, 2.75) is 33.6 Å². The van der Waals surface area contributed by atoms with E-state index in [1.54, 1.807) is 18.0 Å². The number of hydrogen-bond acceptors (Lipinski definition) is 5. The van der Waals surface area contributed by atoms with Crippen LogP contribution in [-0.4, -0.2) is 58.3 Å². The maximum atomic E-state index is 12.6. The summed E-state index contributed by atoms with van der Waals surface area (Å²) in [7, 11) is 1.74. The highest BCUT2D eigenvalue weighted by Crippen LogP contribution is 2.19. The van der Waals surface area contributed by atoms with Gasteiger partial charge in [0.05, 0.1) is 0 Å². The van der Waals surface area contributed by atoms with Gasteiger partial charge in [0.2, 0.25) is 11.9 Å². The van der Waals surface area contributed by atoms with Gasteiger partial charge in [-0.25, -0.2) is 9.97 Å². The normalized spacial score (nSPS) is 17.6. The minimum absolute atomic E-state index is 0.123. The molecule has 2 heterocycles. The van der Waals surface area contributed by atoms with Crippen molar-refractivity contribution in [3.8, 4) is 0 Å². The molecule has 1 aromatic rings. The number of rotatable bonds is 6. The molecule has 2 amide bonds. The van der Waals surface area contributed by atoms with Crippen LogP contribution in [0, 0.1) is 11.8 Å². The van der Waals surface area contributed by atoms with E-state index in [0.29, 0.717) is 37.7 Å². The first kappa shape index (κ1) is 18.2. The summed E-state index contributed by atoms with van der Waals surface area (Å²) in [5.74, 6) is 0.689. The number of nitrogens with two attached hydrogens (primary N) is 1. The van der Waals surface area contributed by atoms with E-state index in [1.807, 2.05) is 11.8 Å². The first-order valence-corrected chi connectivity index (χ1v) is 8.46. The minimum Gasteiger partial charge on any atom is -0.368 e. The van der Waals surface area contributed by atoms with Crippen molar-refractivity contribution in [2.75, 3.05) is 32.4 Å². The molecule has 1 atom stereocenters. The first-order chi connectivity index (χ1) is 11.3. The molecule has 0 aromatic carbocycles. The van der Waals surface area contributed by atoms with Crippen LogP contribution in [0.15, 0.2) is 6.07 Å². The van der Waals surface area contributed by atoms with Crippen molar-refractivity contribution in [2.24, 2.45) is 11.8 Å². The van der Waals surface area contributed by atoms with Gasteiger partial charge in [-0.05, 0) is 25.3 Å². The van der Waals surface area contributed by atoms with Crippen LogP contribution >= 0.6 is 0 Å². The second kappa shape index (κ2) is 7.59. The molecule has 7 nitrogen and oxygen atoms in total. The van der Waals surface area contributed by atoms with Crippen LogP contribution in [0.25, 0.3) is 0 Å². The van der Waals surface area contributed by atoms with Crippen LogP contribution in [0.1, 0.15) is 43.4 Å². The monoisotopic (exact) mass is 333 g/mol. The number of hydrogen-bond donors (Lipinski definition) is 1. The molecule has 1 aliphatic heterocycles. The molecule has 1 aliphatic rings. The average molecular weight is 333 g/mol. The SMILES string of the molecule is CCN1C[C@H](CN(C)C(=O)c2cc(CC(C)C)nc(N)n2)CC1=O. The summed E-state index contributed by atoms with van der Waals surface area (Å²) in [4.78, 5) is 36.2. The Labute approximate surface area is 143 Å². The largest absolute Gasteiger partial charge is 0.368 e. The smallest absolute Gasteiger partial charge is 0.272 e. The zero-order valence-corrected chi connectivity index (χ0v) is 15.0. The second-order valence-corrected chi connectivity index (χ2v) is 6.89. The molecule has 2 N–H and O–H groups in total. The summed E-state index contributed by atoms with van der Waals surface area (Å²) >= 11 is 0. The Bertz CT molecular complexity index is 617. The summed E-state index contributed by atoms with van der Waals surface area (Å²) in [6.07, 6.45) is 1.25. The van der Waals surface area contributed by atoms with Crippen LogP contribution in [0.4, 0.5) is 5.95 Å². The third-order valence-electron chi connectivity index (χ3n) is 4.19. The van der Waals surface area contributed by atoms with Gasteiger partial charge in [-0.2, -0.15) is 0 Å². The molecule has 1 fully saturated rings. The molecule has 0 bridgehead atoms. The molecular weight excluding hydrogens is 306 g/mol. The molecule has 7 heteroatoms. The molecule has 1 saturated heterocycles. The van der Waals surface area contributed by atoms with Crippen molar-refractivity contribution < 1.29 is 9.59 Å². The Kier molecular flexibility index (Phi) is 5.75. The van der Waals surface area contributed by atoms with Gasteiger partial charge in [-0.1, -0.05) is 13.8 Å². The number of amides is 2. The molecule has 0 saturated carbocycles. The van der Waals surface area contributed by atoms with Gasteiger partial charge in [-0.15, -0.1) is 0 Å². The molecular formula is C17H27N5O2. The highest BCUT2D eigenvalue weighted by molar-refractivity contribution is 5.92. The van der Waals surface area contributed by atoms with Gasteiger partial charge < -0.3 is 15.5 Å². The predicted octanol–water partition coefficient (Wildman–Crippen LogP) is 1.20. The number of carbonyl (C=O) groups is 2. The Morgan fingerprint density at radius 3 is 2.75 bits per heavy atom. The lowest BCUT2D eigenvalue weighted by atomic mass is 10.1. The van der Waals surface area contributed by atoms with E-state index in [9.17, 15) is 9.59 Å². The van der Waals surface area contributed by atoms with Crippen molar-refractivity contribution in [1.29, 1.82) is 0 Å². The number of carbonyl (C=O) groups excluding carboxylic acids is 2. The fourth-order valence-electron chi connectivity index (χ4n) is 3.10. The van der Waals surface area contributed by atoms with Gasteiger partial charge in [0.1, 0.15) is 5.69 Å². The van der Waals surface area contributed by atoms with Crippen LogP contribution in [0.3, 0.4) is 0 Å². The molecule has 0 unspecified atom stereocenters. The van der Waals surface area contributed by atoms with Crippen LogP contribution in [0.5, 0.6) is 0 Å².